The monoisotopic (exact) mass is 312 g/mol. The Morgan fingerprint density at radius 2 is 1.83 bits per heavy atom. The highest BCUT2D eigenvalue weighted by molar-refractivity contribution is 5.78. The van der Waals surface area contributed by atoms with E-state index < -0.39 is 0 Å². The zero-order valence-corrected chi connectivity index (χ0v) is 13.8. The number of carbonyl (C=O) groups is 1. The van der Waals surface area contributed by atoms with Gasteiger partial charge in [-0.2, -0.15) is 0 Å². The summed E-state index contributed by atoms with van der Waals surface area (Å²) in [5.74, 6) is 0.808. The van der Waals surface area contributed by atoms with Crippen LogP contribution in [0.4, 0.5) is 0 Å². The van der Waals surface area contributed by atoms with Crippen molar-refractivity contribution >= 4 is 5.91 Å². The first-order valence-corrected chi connectivity index (χ1v) is 7.86. The second-order valence-corrected chi connectivity index (χ2v) is 5.56. The summed E-state index contributed by atoms with van der Waals surface area (Å²) in [6.07, 6.45) is 0.366. The molecule has 0 bridgehead atoms. The van der Waals surface area contributed by atoms with Gasteiger partial charge in [-0.3, -0.25) is 4.79 Å². The molecule has 0 saturated carbocycles. The van der Waals surface area contributed by atoms with Gasteiger partial charge in [-0.05, 0) is 37.2 Å². The van der Waals surface area contributed by atoms with Gasteiger partial charge in [-0.15, -0.1) is 0 Å². The molecule has 0 radical (unpaired) electrons. The van der Waals surface area contributed by atoms with Crippen LogP contribution in [0.25, 0.3) is 0 Å². The van der Waals surface area contributed by atoms with Gasteiger partial charge in [0, 0.05) is 13.1 Å². The molecule has 0 spiro atoms. The van der Waals surface area contributed by atoms with Crippen molar-refractivity contribution in [2.24, 2.45) is 0 Å². The maximum absolute atomic E-state index is 11.8. The minimum Gasteiger partial charge on any atom is -0.489 e. The smallest absolute Gasteiger partial charge is 0.224 e. The molecule has 0 aliphatic rings. The third-order valence-corrected chi connectivity index (χ3v) is 3.45. The molecule has 2 rings (SSSR count). The number of ether oxygens (including phenoxy) is 1. The van der Waals surface area contributed by atoms with Crippen LogP contribution in [0, 0.1) is 6.92 Å². The van der Waals surface area contributed by atoms with Crippen molar-refractivity contribution in [3.63, 3.8) is 0 Å². The van der Waals surface area contributed by atoms with E-state index in [4.69, 9.17) is 4.74 Å². The average molecular weight is 312 g/mol. The van der Waals surface area contributed by atoms with Crippen molar-refractivity contribution in [2.45, 2.75) is 20.0 Å². The van der Waals surface area contributed by atoms with E-state index in [1.54, 1.807) is 0 Å². The molecule has 122 valence electrons. The largest absolute Gasteiger partial charge is 0.489 e. The molecule has 0 aliphatic heterocycles. The summed E-state index contributed by atoms with van der Waals surface area (Å²) in [6, 6.07) is 16.0. The second-order valence-electron chi connectivity index (χ2n) is 5.56. The van der Waals surface area contributed by atoms with Crippen molar-refractivity contribution in [1.82, 2.24) is 10.6 Å². The van der Waals surface area contributed by atoms with Crippen molar-refractivity contribution in [3.05, 3.63) is 65.2 Å². The molecule has 1 amide bonds. The minimum absolute atomic E-state index is 0.0242. The molecule has 0 fully saturated rings. The van der Waals surface area contributed by atoms with Gasteiger partial charge in [0.1, 0.15) is 12.4 Å². The van der Waals surface area contributed by atoms with E-state index in [1.165, 1.54) is 5.56 Å². The Morgan fingerprint density at radius 3 is 2.61 bits per heavy atom. The molecule has 0 saturated heterocycles. The summed E-state index contributed by atoms with van der Waals surface area (Å²) in [7, 11) is 1.86. The normalized spacial score (nSPS) is 10.3. The van der Waals surface area contributed by atoms with Crippen LogP contribution in [0.2, 0.25) is 0 Å². The highest BCUT2D eigenvalue weighted by atomic mass is 16.5. The number of aryl methyl sites for hydroxylation is 1. The lowest BCUT2D eigenvalue weighted by molar-refractivity contribution is -0.120. The van der Waals surface area contributed by atoms with Crippen LogP contribution >= 0.6 is 0 Å². The van der Waals surface area contributed by atoms with Gasteiger partial charge >= 0.3 is 0 Å². The van der Waals surface area contributed by atoms with E-state index in [2.05, 4.69) is 29.7 Å². The fourth-order valence-corrected chi connectivity index (χ4v) is 2.29. The van der Waals surface area contributed by atoms with Crippen molar-refractivity contribution < 1.29 is 9.53 Å². The molecule has 4 nitrogen and oxygen atoms in total. The average Bonchev–Trinajstić information content (AvgIpc) is 2.54. The Labute approximate surface area is 137 Å². The Hall–Kier alpha value is -2.33. The zero-order chi connectivity index (χ0) is 16.5. The standard InChI is InChI=1S/C19H24N2O2/c1-15-5-3-7-17(11-15)14-23-18-8-4-6-16(12-18)13-19(22)21-10-9-20-2/h3-8,11-12,20H,9-10,13-14H2,1-2H3,(H,21,22). The Balaban J connectivity index is 1.88. The molecule has 0 heterocycles. The van der Waals surface area contributed by atoms with Crippen LogP contribution in [0.5, 0.6) is 5.75 Å². The quantitative estimate of drug-likeness (QED) is 0.736. The van der Waals surface area contributed by atoms with Gasteiger partial charge in [0.05, 0.1) is 6.42 Å². The summed E-state index contributed by atoms with van der Waals surface area (Å²) < 4.78 is 5.83. The van der Waals surface area contributed by atoms with Gasteiger partial charge in [-0.1, -0.05) is 42.0 Å². The Morgan fingerprint density at radius 1 is 1.04 bits per heavy atom. The van der Waals surface area contributed by atoms with Crippen LogP contribution in [-0.2, 0) is 17.8 Å². The number of nitrogens with one attached hydrogen (secondary N) is 2. The lowest BCUT2D eigenvalue weighted by Crippen LogP contribution is -2.31. The number of hydrogen-bond acceptors (Lipinski definition) is 3. The van der Waals surface area contributed by atoms with Gasteiger partial charge < -0.3 is 15.4 Å². The van der Waals surface area contributed by atoms with Crippen LogP contribution in [0.1, 0.15) is 16.7 Å². The highest BCUT2D eigenvalue weighted by Crippen LogP contribution is 2.16. The molecular formula is C19H24N2O2. The fourth-order valence-electron chi connectivity index (χ4n) is 2.29. The summed E-state index contributed by atoms with van der Waals surface area (Å²) in [5, 5.41) is 5.87. The highest BCUT2D eigenvalue weighted by Gasteiger charge is 2.04. The van der Waals surface area contributed by atoms with E-state index in [0.717, 1.165) is 23.4 Å². The number of likely N-dealkylation sites (N-methyl/N-ethyl adjacent to an activating group) is 1. The topological polar surface area (TPSA) is 50.4 Å². The van der Waals surface area contributed by atoms with Gasteiger partial charge in [0.25, 0.3) is 0 Å². The van der Waals surface area contributed by atoms with E-state index >= 15 is 0 Å². The molecular weight excluding hydrogens is 288 g/mol. The third kappa shape index (κ3) is 6.12. The third-order valence-electron chi connectivity index (χ3n) is 3.45. The van der Waals surface area contributed by atoms with Gasteiger partial charge in [0.2, 0.25) is 5.91 Å². The Bertz CT molecular complexity index is 641. The number of benzene rings is 2. The van der Waals surface area contributed by atoms with E-state index in [-0.39, 0.29) is 5.91 Å². The van der Waals surface area contributed by atoms with Gasteiger partial charge in [-0.25, -0.2) is 0 Å². The van der Waals surface area contributed by atoms with Crippen molar-refractivity contribution in [3.8, 4) is 5.75 Å². The molecule has 2 aromatic carbocycles. The minimum atomic E-state index is 0.0242. The SMILES string of the molecule is CNCCNC(=O)Cc1cccc(OCc2cccc(C)c2)c1. The van der Waals surface area contributed by atoms with Crippen molar-refractivity contribution in [2.75, 3.05) is 20.1 Å². The van der Waals surface area contributed by atoms with E-state index in [0.29, 0.717) is 19.6 Å². The number of rotatable bonds is 8. The summed E-state index contributed by atoms with van der Waals surface area (Å²) in [6.45, 7) is 4.00. The van der Waals surface area contributed by atoms with Crippen LogP contribution in [0.15, 0.2) is 48.5 Å². The molecule has 0 atom stereocenters. The fraction of sp³-hybridized carbons (Fsp3) is 0.316. The first-order valence-electron chi connectivity index (χ1n) is 7.86. The maximum Gasteiger partial charge on any atom is 0.224 e. The summed E-state index contributed by atoms with van der Waals surface area (Å²) in [5.41, 5.74) is 3.31. The lowest BCUT2D eigenvalue weighted by Gasteiger charge is -2.09. The molecule has 2 N–H and O–H groups in total. The summed E-state index contributed by atoms with van der Waals surface area (Å²) >= 11 is 0. The van der Waals surface area contributed by atoms with Gasteiger partial charge in [0.15, 0.2) is 0 Å². The Kier molecular flexibility index (Phi) is 6.63. The first kappa shape index (κ1) is 17.0. The van der Waals surface area contributed by atoms with E-state index in [9.17, 15) is 4.79 Å². The number of amides is 1. The molecule has 0 unspecified atom stereocenters. The van der Waals surface area contributed by atoms with Crippen LogP contribution in [0.3, 0.4) is 0 Å². The first-order chi connectivity index (χ1) is 11.2. The summed E-state index contributed by atoms with van der Waals surface area (Å²) in [4.78, 5) is 11.8. The lowest BCUT2D eigenvalue weighted by atomic mass is 10.1. The number of carbonyl (C=O) groups excluding carboxylic acids is 1. The zero-order valence-electron chi connectivity index (χ0n) is 13.8. The van der Waals surface area contributed by atoms with Crippen LogP contribution in [-0.4, -0.2) is 26.0 Å². The predicted octanol–water partition coefficient (Wildman–Crippen LogP) is 2.45. The van der Waals surface area contributed by atoms with E-state index in [1.807, 2.05) is 43.4 Å². The predicted molar refractivity (Wildman–Crippen MR) is 92.6 cm³/mol. The molecule has 4 heteroatoms. The molecule has 2 aromatic rings. The molecule has 0 aliphatic carbocycles. The second kappa shape index (κ2) is 8.96. The molecule has 23 heavy (non-hydrogen) atoms. The molecule has 0 aromatic heterocycles. The van der Waals surface area contributed by atoms with Crippen molar-refractivity contribution in [1.29, 1.82) is 0 Å². The van der Waals surface area contributed by atoms with Crippen LogP contribution < -0.4 is 15.4 Å². The maximum atomic E-state index is 11.8. The number of hydrogen-bond donors (Lipinski definition) is 2.